The maximum atomic E-state index is 11.4. The SMILES string of the molecule is CCCNC(=O)CNC(=NC)NCc1ccnn1C.I. The maximum absolute atomic E-state index is 11.4. The Balaban J connectivity index is 0.00000361. The molecule has 0 aliphatic heterocycles. The minimum atomic E-state index is -0.0367. The molecule has 0 saturated heterocycles. The average Bonchev–Trinajstić information content (AvgIpc) is 2.82. The van der Waals surface area contributed by atoms with Crippen molar-refractivity contribution in [2.45, 2.75) is 19.9 Å². The molecule has 0 spiro atoms. The molecule has 0 aliphatic rings. The van der Waals surface area contributed by atoms with E-state index in [0.29, 0.717) is 19.0 Å². The first-order chi connectivity index (χ1) is 9.17. The number of guanidine groups is 1. The van der Waals surface area contributed by atoms with Gasteiger partial charge in [-0.3, -0.25) is 14.5 Å². The fraction of sp³-hybridized carbons (Fsp3) is 0.583. The van der Waals surface area contributed by atoms with Gasteiger partial charge < -0.3 is 16.0 Å². The van der Waals surface area contributed by atoms with E-state index in [1.165, 1.54) is 0 Å². The second-order valence-corrected chi connectivity index (χ2v) is 4.08. The number of nitrogens with zero attached hydrogens (tertiary/aromatic N) is 3. The second kappa shape index (κ2) is 10.5. The molecule has 8 heteroatoms. The van der Waals surface area contributed by atoms with E-state index in [1.54, 1.807) is 17.9 Å². The van der Waals surface area contributed by atoms with Crippen molar-refractivity contribution in [3.63, 3.8) is 0 Å². The van der Waals surface area contributed by atoms with Gasteiger partial charge in [-0.25, -0.2) is 0 Å². The Morgan fingerprint density at radius 1 is 1.40 bits per heavy atom. The highest BCUT2D eigenvalue weighted by Gasteiger charge is 2.04. The van der Waals surface area contributed by atoms with Crippen LogP contribution >= 0.6 is 24.0 Å². The second-order valence-electron chi connectivity index (χ2n) is 4.08. The Labute approximate surface area is 136 Å². The van der Waals surface area contributed by atoms with Crippen LogP contribution in [0.1, 0.15) is 19.0 Å². The molecule has 0 atom stereocenters. The summed E-state index contributed by atoms with van der Waals surface area (Å²) in [5.41, 5.74) is 1.04. The summed E-state index contributed by atoms with van der Waals surface area (Å²) >= 11 is 0. The molecule has 0 radical (unpaired) electrons. The highest BCUT2D eigenvalue weighted by atomic mass is 127. The number of carbonyl (C=O) groups excluding carboxylic acids is 1. The van der Waals surface area contributed by atoms with Crippen LogP contribution in [0.25, 0.3) is 0 Å². The first-order valence-corrected chi connectivity index (χ1v) is 6.35. The molecular formula is C12H23IN6O. The van der Waals surface area contributed by atoms with Crippen molar-refractivity contribution in [1.82, 2.24) is 25.7 Å². The normalized spacial score (nSPS) is 10.7. The van der Waals surface area contributed by atoms with E-state index in [9.17, 15) is 4.79 Å². The van der Waals surface area contributed by atoms with E-state index in [-0.39, 0.29) is 36.4 Å². The minimum Gasteiger partial charge on any atom is -0.355 e. The number of aryl methyl sites for hydroxylation is 1. The van der Waals surface area contributed by atoms with Gasteiger partial charge in [-0.1, -0.05) is 6.92 Å². The monoisotopic (exact) mass is 394 g/mol. The number of hydrogen-bond donors (Lipinski definition) is 3. The fourth-order valence-electron chi connectivity index (χ4n) is 1.46. The molecule has 114 valence electrons. The largest absolute Gasteiger partial charge is 0.355 e. The molecule has 1 amide bonds. The lowest BCUT2D eigenvalue weighted by atomic mass is 10.4. The molecule has 1 aromatic heterocycles. The number of amides is 1. The first kappa shape index (κ1) is 18.7. The Kier molecular flexibility index (Phi) is 9.77. The number of rotatable bonds is 6. The van der Waals surface area contributed by atoms with E-state index < -0.39 is 0 Å². The fourth-order valence-corrected chi connectivity index (χ4v) is 1.46. The van der Waals surface area contributed by atoms with E-state index >= 15 is 0 Å². The Morgan fingerprint density at radius 3 is 2.70 bits per heavy atom. The van der Waals surface area contributed by atoms with Crippen molar-refractivity contribution in [3.8, 4) is 0 Å². The molecule has 0 aromatic carbocycles. The summed E-state index contributed by atoms with van der Waals surface area (Å²) in [6.07, 6.45) is 2.67. The molecule has 0 unspecified atom stereocenters. The van der Waals surface area contributed by atoms with Gasteiger partial charge in [0.15, 0.2) is 5.96 Å². The molecular weight excluding hydrogens is 371 g/mol. The van der Waals surface area contributed by atoms with Crippen LogP contribution in [0.4, 0.5) is 0 Å². The van der Waals surface area contributed by atoms with Crippen molar-refractivity contribution in [2.24, 2.45) is 12.0 Å². The van der Waals surface area contributed by atoms with Crippen LogP contribution in [0.15, 0.2) is 17.3 Å². The average molecular weight is 394 g/mol. The van der Waals surface area contributed by atoms with E-state index in [4.69, 9.17) is 0 Å². The number of halogens is 1. The Bertz CT molecular complexity index is 431. The zero-order chi connectivity index (χ0) is 14.1. The highest BCUT2D eigenvalue weighted by molar-refractivity contribution is 14.0. The third kappa shape index (κ3) is 6.73. The number of aromatic nitrogens is 2. The Morgan fingerprint density at radius 2 is 2.15 bits per heavy atom. The van der Waals surface area contributed by atoms with E-state index in [2.05, 4.69) is 26.0 Å². The predicted octanol–water partition coefficient (Wildman–Crippen LogP) is 0.229. The molecule has 0 bridgehead atoms. The summed E-state index contributed by atoms with van der Waals surface area (Å²) < 4.78 is 1.79. The van der Waals surface area contributed by atoms with Crippen LogP contribution in [0.5, 0.6) is 0 Å². The molecule has 1 rings (SSSR count). The van der Waals surface area contributed by atoms with Crippen molar-refractivity contribution in [2.75, 3.05) is 20.1 Å². The van der Waals surface area contributed by atoms with E-state index in [0.717, 1.165) is 12.1 Å². The van der Waals surface area contributed by atoms with Gasteiger partial charge in [-0.15, -0.1) is 24.0 Å². The topological polar surface area (TPSA) is 83.3 Å². The third-order valence-corrected chi connectivity index (χ3v) is 2.57. The third-order valence-electron chi connectivity index (χ3n) is 2.57. The summed E-state index contributed by atoms with van der Waals surface area (Å²) in [5.74, 6) is 0.554. The molecule has 0 saturated carbocycles. The van der Waals surface area contributed by atoms with Crippen LogP contribution in [0.2, 0.25) is 0 Å². The predicted molar refractivity (Wildman–Crippen MR) is 90.1 cm³/mol. The van der Waals surface area contributed by atoms with Crippen molar-refractivity contribution < 1.29 is 4.79 Å². The summed E-state index contributed by atoms with van der Waals surface area (Å²) in [4.78, 5) is 15.5. The molecule has 3 N–H and O–H groups in total. The summed E-state index contributed by atoms with van der Waals surface area (Å²) in [5, 5.41) is 13.0. The quantitative estimate of drug-likeness (QED) is 0.367. The lowest BCUT2D eigenvalue weighted by Crippen LogP contribution is -2.43. The van der Waals surface area contributed by atoms with Gasteiger partial charge in [-0.05, 0) is 12.5 Å². The lowest BCUT2D eigenvalue weighted by Gasteiger charge is -2.11. The summed E-state index contributed by atoms with van der Waals surface area (Å²) in [6, 6.07) is 1.92. The number of aliphatic imine (C=N–C) groups is 1. The molecule has 0 aliphatic carbocycles. The van der Waals surface area contributed by atoms with Crippen molar-refractivity contribution in [3.05, 3.63) is 18.0 Å². The van der Waals surface area contributed by atoms with Gasteiger partial charge >= 0.3 is 0 Å². The molecule has 0 fully saturated rings. The number of hydrogen-bond acceptors (Lipinski definition) is 3. The maximum Gasteiger partial charge on any atom is 0.239 e. The first-order valence-electron chi connectivity index (χ1n) is 6.35. The van der Waals surface area contributed by atoms with Crippen LogP contribution in [-0.4, -0.2) is 41.8 Å². The van der Waals surface area contributed by atoms with Crippen LogP contribution in [0.3, 0.4) is 0 Å². The van der Waals surface area contributed by atoms with Gasteiger partial charge in [0.1, 0.15) is 0 Å². The van der Waals surface area contributed by atoms with Gasteiger partial charge in [0.25, 0.3) is 0 Å². The van der Waals surface area contributed by atoms with E-state index in [1.807, 2.05) is 20.0 Å². The summed E-state index contributed by atoms with van der Waals surface area (Å²) in [6.45, 7) is 3.53. The van der Waals surface area contributed by atoms with Gasteiger partial charge in [0.05, 0.1) is 18.8 Å². The number of nitrogens with one attached hydrogen (secondary N) is 3. The molecule has 20 heavy (non-hydrogen) atoms. The lowest BCUT2D eigenvalue weighted by molar-refractivity contribution is -0.120. The molecule has 1 heterocycles. The van der Waals surface area contributed by atoms with Crippen LogP contribution < -0.4 is 16.0 Å². The summed E-state index contributed by atoms with van der Waals surface area (Å²) in [7, 11) is 3.55. The van der Waals surface area contributed by atoms with Gasteiger partial charge in [0.2, 0.25) is 5.91 Å². The van der Waals surface area contributed by atoms with Crippen LogP contribution in [-0.2, 0) is 18.4 Å². The zero-order valence-electron chi connectivity index (χ0n) is 12.1. The number of carbonyl (C=O) groups is 1. The van der Waals surface area contributed by atoms with Crippen molar-refractivity contribution >= 4 is 35.8 Å². The Hall–Kier alpha value is -1.32. The van der Waals surface area contributed by atoms with Gasteiger partial charge in [0, 0.05) is 26.8 Å². The molecule has 7 nitrogen and oxygen atoms in total. The molecule has 1 aromatic rings. The highest BCUT2D eigenvalue weighted by Crippen LogP contribution is 1.94. The van der Waals surface area contributed by atoms with Gasteiger partial charge in [-0.2, -0.15) is 5.10 Å². The van der Waals surface area contributed by atoms with Crippen molar-refractivity contribution in [1.29, 1.82) is 0 Å². The van der Waals surface area contributed by atoms with Crippen LogP contribution in [0, 0.1) is 0 Å². The smallest absolute Gasteiger partial charge is 0.239 e. The standard InChI is InChI=1S/C12H22N6O.HI/c1-4-6-14-11(19)9-16-12(13-2)15-8-10-5-7-17-18(10)3;/h5,7H,4,6,8-9H2,1-3H3,(H,14,19)(H2,13,15,16);1H. The minimum absolute atomic E-state index is 0. The zero-order valence-corrected chi connectivity index (χ0v) is 14.5.